The molecule has 2 rings (SSSR count). The molecule has 0 bridgehead atoms. The first-order valence-corrected chi connectivity index (χ1v) is 5.28. The van der Waals surface area contributed by atoms with Gasteiger partial charge < -0.3 is 9.15 Å². The SMILES string of the molecule is COC(=O)Cc1nc2cccc(CCl)c2o1. The number of rotatable bonds is 3. The molecule has 4 nitrogen and oxygen atoms in total. The molecule has 84 valence electrons. The molecule has 0 saturated carbocycles. The van der Waals surface area contributed by atoms with Gasteiger partial charge in [0, 0.05) is 5.56 Å². The van der Waals surface area contributed by atoms with Gasteiger partial charge in [0.15, 0.2) is 5.58 Å². The second-order valence-electron chi connectivity index (χ2n) is 3.26. The van der Waals surface area contributed by atoms with Crippen molar-refractivity contribution in [1.82, 2.24) is 4.98 Å². The summed E-state index contributed by atoms with van der Waals surface area (Å²) in [6, 6.07) is 5.53. The van der Waals surface area contributed by atoms with Crippen LogP contribution in [-0.2, 0) is 21.8 Å². The second kappa shape index (κ2) is 4.53. The van der Waals surface area contributed by atoms with Crippen LogP contribution in [0.4, 0.5) is 0 Å². The number of carbonyl (C=O) groups is 1. The smallest absolute Gasteiger partial charge is 0.314 e. The van der Waals surface area contributed by atoms with E-state index in [9.17, 15) is 4.79 Å². The van der Waals surface area contributed by atoms with Gasteiger partial charge >= 0.3 is 5.97 Å². The van der Waals surface area contributed by atoms with Gasteiger partial charge in [0.1, 0.15) is 11.9 Å². The van der Waals surface area contributed by atoms with Crippen LogP contribution in [0, 0.1) is 0 Å². The third kappa shape index (κ3) is 2.02. The molecule has 0 atom stereocenters. The molecule has 0 fully saturated rings. The van der Waals surface area contributed by atoms with E-state index >= 15 is 0 Å². The topological polar surface area (TPSA) is 52.3 Å². The molecule has 0 spiro atoms. The van der Waals surface area contributed by atoms with Gasteiger partial charge in [0.25, 0.3) is 0 Å². The van der Waals surface area contributed by atoms with Gasteiger partial charge in [0.2, 0.25) is 5.89 Å². The van der Waals surface area contributed by atoms with Gasteiger partial charge in [-0.2, -0.15) is 0 Å². The van der Waals surface area contributed by atoms with Crippen molar-refractivity contribution in [2.45, 2.75) is 12.3 Å². The molecule has 0 amide bonds. The minimum absolute atomic E-state index is 0.0346. The van der Waals surface area contributed by atoms with Crippen molar-refractivity contribution >= 4 is 28.7 Å². The fourth-order valence-electron chi connectivity index (χ4n) is 1.43. The Bertz CT molecular complexity index is 521. The van der Waals surface area contributed by atoms with Crippen molar-refractivity contribution in [1.29, 1.82) is 0 Å². The van der Waals surface area contributed by atoms with Crippen LogP contribution in [0.15, 0.2) is 22.6 Å². The Kier molecular flexibility index (Phi) is 3.10. The molecule has 0 saturated heterocycles. The Morgan fingerprint density at radius 3 is 3.06 bits per heavy atom. The lowest BCUT2D eigenvalue weighted by molar-refractivity contribution is -0.140. The molecule has 1 heterocycles. The van der Waals surface area contributed by atoms with Crippen LogP contribution in [0.5, 0.6) is 0 Å². The Hall–Kier alpha value is -1.55. The Morgan fingerprint density at radius 1 is 1.56 bits per heavy atom. The summed E-state index contributed by atoms with van der Waals surface area (Å²) in [7, 11) is 1.33. The van der Waals surface area contributed by atoms with E-state index < -0.39 is 0 Å². The van der Waals surface area contributed by atoms with E-state index in [-0.39, 0.29) is 12.4 Å². The van der Waals surface area contributed by atoms with Crippen molar-refractivity contribution in [2.24, 2.45) is 0 Å². The molecule has 16 heavy (non-hydrogen) atoms. The quantitative estimate of drug-likeness (QED) is 0.609. The van der Waals surface area contributed by atoms with E-state index in [1.807, 2.05) is 18.2 Å². The van der Waals surface area contributed by atoms with Gasteiger partial charge in [-0.3, -0.25) is 4.79 Å². The van der Waals surface area contributed by atoms with Crippen molar-refractivity contribution in [2.75, 3.05) is 7.11 Å². The number of oxazole rings is 1. The lowest BCUT2D eigenvalue weighted by atomic mass is 10.2. The third-order valence-electron chi connectivity index (χ3n) is 2.21. The van der Waals surface area contributed by atoms with Crippen molar-refractivity contribution < 1.29 is 13.9 Å². The van der Waals surface area contributed by atoms with Gasteiger partial charge in [-0.05, 0) is 6.07 Å². The number of methoxy groups -OCH3 is 1. The summed E-state index contributed by atoms with van der Waals surface area (Å²) in [4.78, 5) is 15.2. The zero-order valence-corrected chi connectivity index (χ0v) is 9.45. The Labute approximate surface area is 97.2 Å². The first kappa shape index (κ1) is 11.0. The number of aromatic nitrogens is 1. The standard InChI is InChI=1S/C11H10ClNO3/c1-15-10(14)5-9-13-8-4-2-3-7(6-12)11(8)16-9/h2-4H,5-6H2,1H3. The first-order valence-electron chi connectivity index (χ1n) is 4.74. The lowest BCUT2D eigenvalue weighted by Crippen LogP contribution is -2.04. The molecule has 0 aliphatic carbocycles. The predicted molar refractivity (Wildman–Crippen MR) is 59.3 cm³/mol. The van der Waals surface area contributed by atoms with E-state index in [1.54, 1.807) is 0 Å². The number of halogens is 1. The summed E-state index contributed by atoms with van der Waals surface area (Å²) in [5.41, 5.74) is 2.20. The predicted octanol–water partition coefficient (Wildman–Crippen LogP) is 2.28. The fourth-order valence-corrected chi connectivity index (χ4v) is 1.64. The molecule has 0 aliphatic rings. The average Bonchev–Trinajstić information content (AvgIpc) is 2.70. The lowest BCUT2D eigenvalue weighted by Gasteiger charge is -1.94. The normalized spacial score (nSPS) is 10.6. The highest BCUT2D eigenvalue weighted by Gasteiger charge is 2.12. The van der Waals surface area contributed by atoms with Crippen LogP contribution in [-0.4, -0.2) is 18.1 Å². The minimum Gasteiger partial charge on any atom is -0.469 e. The van der Waals surface area contributed by atoms with Crippen LogP contribution in [0.3, 0.4) is 0 Å². The summed E-state index contributed by atoms with van der Waals surface area (Å²) >= 11 is 5.77. The summed E-state index contributed by atoms with van der Waals surface area (Å²) in [6.45, 7) is 0. The number of carbonyl (C=O) groups excluding carboxylic acids is 1. The van der Waals surface area contributed by atoms with Gasteiger partial charge in [-0.25, -0.2) is 4.98 Å². The summed E-state index contributed by atoms with van der Waals surface area (Å²) in [5.74, 6) is 0.322. The number of hydrogen-bond donors (Lipinski definition) is 0. The number of para-hydroxylation sites is 1. The van der Waals surface area contributed by atoms with Crippen molar-refractivity contribution in [3.05, 3.63) is 29.7 Å². The largest absolute Gasteiger partial charge is 0.469 e. The van der Waals surface area contributed by atoms with Crippen LogP contribution in [0.2, 0.25) is 0 Å². The first-order chi connectivity index (χ1) is 7.74. The van der Waals surface area contributed by atoms with E-state index in [1.165, 1.54) is 7.11 Å². The number of fused-ring (bicyclic) bond motifs is 1. The number of esters is 1. The minimum atomic E-state index is -0.376. The Morgan fingerprint density at radius 2 is 2.38 bits per heavy atom. The maximum absolute atomic E-state index is 11.1. The number of nitrogens with zero attached hydrogens (tertiary/aromatic N) is 1. The fraction of sp³-hybridized carbons (Fsp3) is 0.273. The van der Waals surface area contributed by atoms with E-state index in [0.29, 0.717) is 22.9 Å². The molecule has 1 aromatic heterocycles. The molecule has 1 aromatic carbocycles. The van der Waals surface area contributed by atoms with Crippen LogP contribution >= 0.6 is 11.6 Å². The number of alkyl halides is 1. The number of benzene rings is 1. The van der Waals surface area contributed by atoms with Crippen molar-refractivity contribution in [3.8, 4) is 0 Å². The third-order valence-corrected chi connectivity index (χ3v) is 2.50. The zero-order chi connectivity index (χ0) is 11.5. The highest BCUT2D eigenvalue weighted by Crippen LogP contribution is 2.21. The van der Waals surface area contributed by atoms with E-state index in [2.05, 4.69) is 9.72 Å². The maximum atomic E-state index is 11.1. The summed E-state index contributed by atoms with van der Waals surface area (Å²) in [5, 5.41) is 0. The maximum Gasteiger partial charge on any atom is 0.314 e. The van der Waals surface area contributed by atoms with Crippen LogP contribution in [0.1, 0.15) is 11.5 Å². The summed E-state index contributed by atoms with van der Waals surface area (Å²) < 4.78 is 10.0. The highest BCUT2D eigenvalue weighted by molar-refractivity contribution is 6.17. The second-order valence-corrected chi connectivity index (χ2v) is 3.53. The average molecular weight is 240 g/mol. The molecule has 5 heteroatoms. The van der Waals surface area contributed by atoms with E-state index in [4.69, 9.17) is 16.0 Å². The molecular formula is C11H10ClNO3. The Balaban J connectivity index is 2.39. The zero-order valence-electron chi connectivity index (χ0n) is 8.70. The number of ether oxygens (including phenoxy) is 1. The van der Waals surface area contributed by atoms with Crippen LogP contribution < -0.4 is 0 Å². The van der Waals surface area contributed by atoms with E-state index in [0.717, 1.165) is 5.56 Å². The van der Waals surface area contributed by atoms with Gasteiger partial charge in [-0.1, -0.05) is 12.1 Å². The molecule has 0 aliphatic heterocycles. The molecule has 2 aromatic rings. The molecular weight excluding hydrogens is 230 g/mol. The van der Waals surface area contributed by atoms with Crippen LogP contribution in [0.25, 0.3) is 11.1 Å². The van der Waals surface area contributed by atoms with Crippen molar-refractivity contribution in [3.63, 3.8) is 0 Å². The molecule has 0 radical (unpaired) electrons. The molecule has 0 N–H and O–H groups in total. The van der Waals surface area contributed by atoms with Gasteiger partial charge in [-0.15, -0.1) is 11.6 Å². The highest BCUT2D eigenvalue weighted by atomic mass is 35.5. The summed E-state index contributed by atoms with van der Waals surface area (Å²) in [6.07, 6.45) is 0.0346. The van der Waals surface area contributed by atoms with Gasteiger partial charge in [0.05, 0.1) is 13.0 Å². The molecule has 0 unspecified atom stereocenters. The monoisotopic (exact) mass is 239 g/mol. The number of hydrogen-bond acceptors (Lipinski definition) is 4.